The van der Waals surface area contributed by atoms with Crippen LogP contribution in [0.4, 0.5) is 18.9 Å². The van der Waals surface area contributed by atoms with E-state index in [9.17, 15) is 18.0 Å². The highest BCUT2D eigenvalue weighted by molar-refractivity contribution is 6.01. The Morgan fingerprint density at radius 2 is 1.75 bits per heavy atom. The van der Waals surface area contributed by atoms with Crippen molar-refractivity contribution in [1.29, 1.82) is 0 Å². The molecule has 2 aliphatic heterocycles. The minimum atomic E-state index is -4.52. The lowest BCUT2D eigenvalue weighted by atomic mass is 9.74. The molecule has 1 aliphatic carbocycles. The number of hydrogen-bond acceptors (Lipinski definition) is 4. The SMILES string of the molecule is O=C1CCCC2=C1[C@@H](c1ccccc1C(F)(F)F)c1cc3c(cc1N2)OCO3. The van der Waals surface area contributed by atoms with Crippen LogP contribution in [0.1, 0.15) is 41.9 Å². The third kappa shape index (κ3) is 2.57. The Morgan fingerprint density at radius 1 is 1.00 bits per heavy atom. The summed E-state index contributed by atoms with van der Waals surface area (Å²) in [5.41, 5.74) is 1.73. The molecule has 2 aromatic carbocycles. The van der Waals surface area contributed by atoms with Gasteiger partial charge in [-0.3, -0.25) is 4.79 Å². The third-order valence-electron chi connectivity index (χ3n) is 5.46. The summed E-state index contributed by atoms with van der Waals surface area (Å²) in [6, 6.07) is 8.90. The Bertz CT molecular complexity index is 1030. The first-order valence-corrected chi connectivity index (χ1v) is 9.06. The van der Waals surface area contributed by atoms with Gasteiger partial charge in [-0.15, -0.1) is 0 Å². The molecule has 0 fully saturated rings. The number of hydrogen-bond donors (Lipinski definition) is 1. The maximum Gasteiger partial charge on any atom is 0.416 e. The molecule has 0 aromatic heterocycles. The highest BCUT2D eigenvalue weighted by Crippen LogP contribution is 2.51. The van der Waals surface area contributed by atoms with E-state index >= 15 is 0 Å². The zero-order valence-electron chi connectivity index (χ0n) is 14.7. The number of nitrogens with one attached hydrogen (secondary N) is 1. The molecule has 3 aliphatic rings. The maximum absolute atomic E-state index is 13.8. The number of benzene rings is 2. The van der Waals surface area contributed by atoms with Crippen molar-refractivity contribution < 1.29 is 27.4 Å². The quantitative estimate of drug-likeness (QED) is 0.748. The molecule has 1 N–H and O–H groups in total. The predicted octanol–water partition coefficient (Wildman–Crippen LogP) is 5.00. The fraction of sp³-hybridized carbons (Fsp3) is 0.286. The first kappa shape index (κ1) is 17.2. The molecular formula is C21H16F3NO3. The molecule has 2 heterocycles. The van der Waals surface area contributed by atoms with Crippen molar-refractivity contribution in [2.24, 2.45) is 0 Å². The number of Topliss-reactive ketones (excluding diaryl/α,β-unsaturated/α-hetero) is 1. The van der Waals surface area contributed by atoms with E-state index in [1.54, 1.807) is 18.2 Å². The lowest BCUT2D eigenvalue weighted by Crippen LogP contribution is -2.28. The lowest BCUT2D eigenvalue weighted by Gasteiger charge is -2.35. The van der Waals surface area contributed by atoms with Crippen LogP contribution in [0.5, 0.6) is 11.5 Å². The van der Waals surface area contributed by atoms with Crippen LogP contribution in [0, 0.1) is 0 Å². The van der Waals surface area contributed by atoms with E-state index in [1.165, 1.54) is 12.1 Å². The van der Waals surface area contributed by atoms with Crippen LogP contribution < -0.4 is 14.8 Å². The molecule has 0 unspecified atom stereocenters. The van der Waals surface area contributed by atoms with Gasteiger partial charge >= 0.3 is 6.18 Å². The molecule has 0 spiro atoms. The van der Waals surface area contributed by atoms with Gasteiger partial charge in [-0.25, -0.2) is 0 Å². The number of alkyl halides is 3. The van der Waals surface area contributed by atoms with Crippen LogP contribution in [-0.4, -0.2) is 12.6 Å². The van der Waals surface area contributed by atoms with E-state index in [0.29, 0.717) is 53.3 Å². The molecule has 0 amide bonds. The summed E-state index contributed by atoms with van der Waals surface area (Å²) in [5.74, 6) is 0.105. The summed E-state index contributed by atoms with van der Waals surface area (Å²) >= 11 is 0. The lowest BCUT2D eigenvalue weighted by molar-refractivity contribution is -0.138. The number of ether oxygens (including phenoxy) is 2. The van der Waals surface area contributed by atoms with Gasteiger partial charge in [0, 0.05) is 35.4 Å². The molecule has 5 rings (SSSR count). The largest absolute Gasteiger partial charge is 0.454 e. The van der Waals surface area contributed by atoms with E-state index in [1.807, 2.05) is 0 Å². The highest BCUT2D eigenvalue weighted by atomic mass is 19.4. The van der Waals surface area contributed by atoms with Gasteiger partial charge in [0.15, 0.2) is 17.3 Å². The Labute approximate surface area is 159 Å². The second-order valence-corrected chi connectivity index (χ2v) is 7.10. The van der Waals surface area contributed by atoms with Gasteiger partial charge in [-0.2, -0.15) is 13.2 Å². The van der Waals surface area contributed by atoms with E-state index in [2.05, 4.69) is 5.32 Å². The average Bonchev–Trinajstić information content (AvgIpc) is 3.11. The zero-order chi connectivity index (χ0) is 19.5. The summed E-state index contributed by atoms with van der Waals surface area (Å²) in [5, 5.41) is 3.26. The van der Waals surface area contributed by atoms with Crippen molar-refractivity contribution in [2.45, 2.75) is 31.4 Å². The number of rotatable bonds is 1. The molecule has 7 heteroatoms. The summed E-state index contributed by atoms with van der Waals surface area (Å²) in [6.45, 7) is 0.0636. The monoisotopic (exact) mass is 387 g/mol. The minimum Gasteiger partial charge on any atom is -0.454 e. The molecule has 0 radical (unpaired) electrons. The van der Waals surface area contributed by atoms with Gasteiger partial charge in [0.2, 0.25) is 6.79 Å². The smallest absolute Gasteiger partial charge is 0.416 e. The second kappa shape index (κ2) is 6.02. The fourth-order valence-electron chi connectivity index (χ4n) is 4.28. The number of carbonyl (C=O) groups excluding carboxylic acids is 1. The maximum atomic E-state index is 13.8. The molecule has 0 bridgehead atoms. The molecular weight excluding hydrogens is 371 g/mol. The van der Waals surface area contributed by atoms with Crippen molar-refractivity contribution in [3.63, 3.8) is 0 Å². The Hall–Kier alpha value is -2.96. The standard InChI is InChI=1S/C21H16F3NO3/c22-21(23,24)13-5-2-1-4-11(13)19-12-8-17-18(28-10-27-17)9-15(12)25-14-6-3-7-16(26)20(14)19/h1-2,4-5,8-9,19,25H,3,6-7,10H2/t19-/m0/s1. The first-order valence-electron chi connectivity index (χ1n) is 9.06. The number of fused-ring (bicyclic) bond motifs is 2. The van der Waals surface area contributed by atoms with Crippen LogP contribution in [0.2, 0.25) is 0 Å². The normalized spacial score (nSPS) is 20.5. The van der Waals surface area contributed by atoms with Gasteiger partial charge in [-0.05, 0) is 36.1 Å². The molecule has 1 atom stereocenters. The number of anilines is 1. The van der Waals surface area contributed by atoms with Gasteiger partial charge in [-0.1, -0.05) is 18.2 Å². The van der Waals surface area contributed by atoms with Crippen molar-refractivity contribution in [1.82, 2.24) is 0 Å². The molecule has 4 nitrogen and oxygen atoms in total. The summed E-state index contributed by atoms with van der Waals surface area (Å²) in [6.07, 6.45) is -2.88. The van der Waals surface area contributed by atoms with E-state index in [-0.39, 0.29) is 18.1 Å². The van der Waals surface area contributed by atoms with Crippen molar-refractivity contribution in [3.8, 4) is 11.5 Å². The van der Waals surface area contributed by atoms with Crippen LogP contribution in [0.15, 0.2) is 47.7 Å². The van der Waals surface area contributed by atoms with Crippen LogP contribution in [0.25, 0.3) is 0 Å². The predicted molar refractivity (Wildman–Crippen MR) is 95.4 cm³/mol. The number of ketones is 1. The van der Waals surface area contributed by atoms with Crippen LogP contribution >= 0.6 is 0 Å². The summed E-state index contributed by atoms with van der Waals surface area (Å²) in [7, 11) is 0. The first-order chi connectivity index (χ1) is 13.4. The highest BCUT2D eigenvalue weighted by Gasteiger charge is 2.41. The third-order valence-corrected chi connectivity index (χ3v) is 5.46. The van der Waals surface area contributed by atoms with Crippen molar-refractivity contribution >= 4 is 11.5 Å². The summed E-state index contributed by atoms with van der Waals surface area (Å²) in [4.78, 5) is 12.8. The fourth-order valence-corrected chi connectivity index (χ4v) is 4.28. The van der Waals surface area contributed by atoms with Crippen molar-refractivity contribution in [2.75, 3.05) is 12.1 Å². The molecule has 0 saturated carbocycles. The van der Waals surface area contributed by atoms with Crippen LogP contribution in [-0.2, 0) is 11.0 Å². The van der Waals surface area contributed by atoms with E-state index in [4.69, 9.17) is 9.47 Å². The number of carbonyl (C=O) groups is 1. The molecule has 2 aromatic rings. The van der Waals surface area contributed by atoms with Gasteiger partial charge < -0.3 is 14.8 Å². The van der Waals surface area contributed by atoms with Gasteiger partial charge in [0.25, 0.3) is 0 Å². The topological polar surface area (TPSA) is 47.6 Å². The summed E-state index contributed by atoms with van der Waals surface area (Å²) < 4.78 is 52.1. The second-order valence-electron chi connectivity index (χ2n) is 7.10. The van der Waals surface area contributed by atoms with E-state index in [0.717, 1.165) is 6.07 Å². The van der Waals surface area contributed by atoms with E-state index < -0.39 is 17.7 Å². The number of halogens is 3. The van der Waals surface area contributed by atoms with Crippen LogP contribution in [0.3, 0.4) is 0 Å². The Kier molecular flexibility index (Phi) is 3.69. The van der Waals surface area contributed by atoms with Crippen molar-refractivity contribution in [3.05, 3.63) is 64.4 Å². The molecule has 0 saturated heterocycles. The van der Waals surface area contributed by atoms with Gasteiger partial charge in [0.1, 0.15) is 0 Å². The zero-order valence-corrected chi connectivity index (χ0v) is 14.7. The number of allylic oxidation sites excluding steroid dienone is 2. The Morgan fingerprint density at radius 3 is 2.54 bits per heavy atom. The van der Waals surface area contributed by atoms with Gasteiger partial charge in [0.05, 0.1) is 5.56 Å². The Balaban J connectivity index is 1.78. The molecule has 28 heavy (non-hydrogen) atoms. The molecule has 144 valence electrons. The minimum absolute atomic E-state index is 0.0636. The average molecular weight is 387 g/mol.